The molecule has 1 atom stereocenters. The van der Waals surface area contributed by atoms with Crippen molar-refractivity contribution in [1.29, 1.82) is 0 Å². The van der Waals surface area contributed by atoms with Gasteiger partial charge in [0.05, 0.1) is 0 Å². The third kappa shape index (κ3) is 5.29. The van der Waals surface area contributed by atoms with Crippen LogP contribution in [0.2, 0.25) is 0 Å². The summed E-state index contributed by atoms with van der Waals surface area (Å²) in [5, 5.41) is 2.86. The Bertz CT molecular complexity index is 378. The molecule has 4 heteroatoms. The maximum Gasteiger partial charge on any atom is 0.224 e. The summed E-state index contributed by atoms with van der Waals surface area (Å²) in [6.07, 6.45) is 1.22. The van der Waals surface area contributed by atoms with Crippen LogP contribution in [0.5, 0.6) is 0 Å². The molecule has 0 radical (unpaired) electrons. The fraction of sp³-hybridized carbons (Fsp3) is 0.500. The van der Waals surface area contributed by atoms with E-state index in [9.17, 15) is 4.79 Å². The minimum atomic E-state index is -0.0280. The summed E-state index contributed by atoms with van der Waals surface area (Å²) in [7, 11) is 0. The second kappa shape index (κ2) is 7.84. The molecule has 1 aromatic rings. The van der Waals surface area contributed by atoms with Crippen LogP contribution in [0.4, 0.5) is 5.69 Å². The number of carbonyl (C=O) groups is 1. The van der Waals surface area contributed by atoms with E-state index in [4.69, 9.17) is 10.5 Å². The average molecular weight is 250 g/mol. The molecule has 0 fully saturated rings. The van der Waals surface area contributed by atoms with Crippen LogP contribution >= 0.6 is 0 Å². The van der Waals surface area contributed by atoms with Crippen LogP contribution in [0.15, 0.2) is 24.3 Å². The Balaban J connectivity index is 2.41. The molecule has 3 N–H and O–H groups in total. The number of benzene rings is 1. The summed E-state index contributed by atoms with van der Waals surface area (Å²) < 4.78 is 5.19. The number of anilines is 1. The Morgan fingerprint density at radius 2 is 2.28 bits per heavy atom. The minimum absolute atomic E-state index is 0.0107. The third-order valence-electron chi connectivity index (χ3n) is 2.59. The fourth-order valence-corrected chi connectivity index (χ4v) is 1.60. The Morgan fingerprint density at radius 3 is 2.94 bits per heavy atom. The van der Waals surface area contributed by atoms with E-state index in [0.29, 0.717) is 19.6 Å². The minimum Gasteiger partial charge on any atom is -0.382 e. The third-order valence-corrected chi connectivity index (χ3v) is 2.59. The Labute approximate surface area is 109 Å². The van der Waals surface area contributed by atoms with Crippen molar-refractivity contribution in [3.05, 3.63) is 29.8 Å². The van der Waals surface area contributed by atoms with Crippen LogP contribution in [-0.2, 0) is 9.53 Å². The van der Waals surface area contributed by atoms with Gasteiger partial charge >= 0.3 is 0 Å². The first-order valence-corrected chi connectivity index (χ1v) is 6.36. The zero-order valence-corrected chi connectivity index (χ0v) is 11.1. The molecule has 0 spiro atoms. The van der Waals surface area contributed by atoms with Crippen molar-refractivity contribution >= 4 is 11.6 Å². The lowest BCUT2D eigenvalue weighted by Gasteiger charge is -2.09. The van der Waals surface area contributed by atoms with Gasteiger partial charge in [0.2, 0.25) is 5.91 Å². The number of amides is 1. The SMILES string of the molecule is CCOCCCC(=O)Nc1cccc(C(C)N)c1. The molecule has 100 valence electrons. The highest BCUT2D eigenvalue weighted by atomic mass is 16.5. The first-order chi connectivity index (χ1) is 8.63. The highest BCUT2D eigenvalue weighted by molar-refractivity contribution is 5.90. The van der Waals surface area contributed by atoms with Crippen molar-refractivity contribution in [2.24, 2.45) is 5.73 Å². The molecule has 1 rings (SSSR count). The van der Waals surface area contributed by atoms with Gasteiger partial charge in [-0.05, 0) is 38.0 Å². The first-order valence-electron chi connectivity index (χ1n) is 6.36. The Kier molecular flexibility index (Phi) is 6.39. The normalized spacial score (nSPS) is 12.2. The summed E-state index contributed by atoms with van der Waals surface area (Å²) in [5.41, 5.74) is 7.61. The van der Waals surface area contributed by atoms with Crippen molar-refractivity contribution in [3.8, 4) is 0 Å². The Morgan fingerprint density at radius 1 is 1.50 bits per heavy atom. The molecule has 0 saturated heterocycles. The molecule has 1 aromatic carbocycles. The number of rotatable bonds is 7. The molecule has 18 heavy (non-hydrogen) atoms. The second-order valence-corrected chi connectivity index (χ2v) is 4.26. The summed E-state index contributed by atoms with van der Waals surface area (Å²) in [6, 6.07) is 7.60. The van der Waals surface area contributed by atoms with Gasteiger partial charge < -0.3 is 15.8 Å². The maximum absolute atomic E-state index is 11.7. The molecular formula is C14H22N2O2. The highest BCUT2D eigenvalue weighted by Gasteiger charge is 2.04. The zero-order valence-electron chi connectivity index (χ0n) is 11.1. The summed E-state index contributed by atoms with van der Waals surface area (Å²) in [5.74, 6) is 0.0107. The van der Waals surface area contributed by atoms with Crippen molar-refractivity contribution in [2.75, 3.05) is 18.5 Å². The van der Waals surface area contributed by atoms with Gasteiger partial charge in [-0.25, -0.2) is 0 Å². The van der Waals surface area contributed by atoms with Gasteiger partial charge in [-0.1, -0.05) is 12.1 Å². The van der Waals surface area contributed by atoms with Crippen LogP contribution in [0.1, 0.15) is 38.3 Å². The molecule has 0 aliphatic heterocycles. The van der Waals surface area contributed by atoms with E-state index in [-0.39, 0.29) is 11.9 Å². The standard InChI is InChI=1S/C14H22N2O2/c1-3-18-9-5-8-14(17)16-13-7-4-6-12(10-13)11(2)15/h4,6-7,10-11H,3,5,8-9,15H2,1-2H3,(H,16,17). The van der Waals surface area contributed by atoms with Gasteiger partial charge in [0, 0.05) is 31.4 Å². The highest BCUT2D eigenvalue weighted by Crippen LogP contribution is 2.15. The maximum atomic E-state index is 11.7. The number of ether oxygens (including phenoxy) is 1. The lowest BCUT2D eigenvalue weighted by atomic mass is 10.1. The van der Waals surface area contributed by atoms with Crippen LogP contribution in [0.3, 0.4) is 0 Å². The molecule has 0 aromatic heterocycles. The predicted molar refractivity (Wildman–Crippen MR) is 73.4 cm³/mol. The Hall–Kier alpha value is -1.39. The molecule has 1 amide bonds. The van der Waals surface area contributed by atoms with Crippen molar-refractivity contribution in [2.45, 2.75) is 32.7 Å². The number of carbonyl (C=O) groups excluding carboxylic acids is 1. The second-order valence-electron chi connectivity index (χ2n) is 4.26. The zero-order chi connectivity index (χ0) is 13.4. The van der Waals surface area contributed by atoms with Gasteiger partial charge in [-0.3, -0.25) is 4.79 Å². The molecule has 1 unspecified atom stereocenters. The molecule has 4 nitrogen and oxygen atoms in total. The molecule has 0 saturated carbocycles. The van der Waals surface area contributed by atoms with E-state index in [1.165, 1.54) is 0 Å². The van der Waals surface area contributed by atoms with Gasteiger partial charge in [0.25, 0.3) is 0 Å². The quantitative estimate of drug-likeness (QED) is 0.731. The smallest absolute Gasteiger partial charge is 0.224 e. The van der Waals surface area contributed by atoms with Crippen molar-refractivity contribution in [3.63, 3.8) is 0 Å². The van der Waals surface area contributed by atoms with E-state index >= 15 is 0 Å². The number of hydrogen-bond donors (Lipinski definition) is 2. The van der Waals surface area contributed by atoms with Crippen molar-refractivity contribution < 1.29 is 9.53 Å². The van der Waals surface area contributed by atoms with Crippen LogP contribution < -0.4 is 11.1 Å². The number of nitrogens with two attached hydrogens (primary N) is 1. The molecule has 0 bridgehead atoms. The summed E-state index contributed by atoms with van der Waals surface area (Å²) >= 11 is 0. The van der Waals surface area contributed by atoms with Crippen LogP contribution in [0, 0.1) is 0 Å². The predicted octanol–water partition coefficient (Wildman–Crippen LogP) is 2.46. The first kappa shape index (κ1) is 14.7. The fourth-order valence-electron chi connectivity index (χ4n) is 1.60. The number of hydrogen-bond acceptors (Lipinski definition) is 3. The summed E-state index contributed by atoms with van der Waals surface area (Å²) in [4.78, 5) is 11.7. The monoisotopic (exact) mass is 250 g/mol. The largest absolute Gasteiger partial charge is 0.382 e. The average Bonchev–Trinajstić information content (AvgIpc) is 2.35. The van der Waals surface area contributed by atoms with Gasteiger partial charge in [-0.2, -0.15) is 0 Å². The number of nitrogens with one attached hydrogen (secondary N) is 1. The van der Waals surface area contributed by atoms with Crippen LogP contribution in [0.25, 0.3) is 0 Å². The van der Waals surface area contributed by atoms with E-state index < -0.39 is 0 Å². The molecule has 0 heterocycles. The van der Waals surface area contributed by atoms with E-state index in [1.54, 1.807) is 0 Å². The van der Waals surface area contributed by atoms with E-state index in [1.807, 2.05) is 38.1 Å². The van der Waals surface area contributed by atoms with Crippen molar-refractivity contribution in [1.82, 2.24) is 0 Å². The molecule has 0 aliphatic carbocycles. The van der Waals surface area contributed by atoms with Gasteiger partial charge in [-0.15, -0.1) is 0 Å². The van der Waals surface area contributed by atoms with E-state index in [0.717, 1.165) is 17.7 Å². The van der Waals surface area contributed by atoms with Gasteiger partial charge in [0.15, 0.2) is 0 Å². The van der Waals surface area contributed by atoms with Gasteiger partial charge in [0.1, 0.15) is 0 Å². The molecule has 0 aliphatic rings. The molecular weight excluding hydrogens is 228 g/mol. The lowest BCUT2D eigenvalue weighted by molar-refractivity contribution is -0.116. The van der Waals surface area contributed by atoms with Crippen LogP contribution in [-0.4, -0.2) is 19.1 Å². The topological polar surface area (TPSA) is 64.3 Å². The van der Waals surface area contributed by atoms with E-state index in [2.05, 4.69) is 5.32 Å². The lowest BCUT2D eigenvalue weighted by Crippen LogP contribution is -2.13. The summed E-state index contributed by atoms with van der Waals surface area (Å²) in [6.45, 7) is 5.18.